The van der Waals surface area contributed by atoms with Crippen molar-refractivity contribution >= 4 is 28.5 Å². The van der Waals surface area contributed by atoms with Crippen molar-refractivity contribution in [2.45, 2.75) is 20.3 Å². The highest BCUT2D eigenvalue weighted by molar-refractivity contribution is 7.14. The number of nitrogens with zero attached hydrogens (tertiary/aromatic N) is 3. The van der Waals surface area contributed by atoms with E-state index < -0.39 is 0 Å². The Hall–Kier alpha value is -2.85. The topological polar surface area (TPSA) is 93.2 Å². The second kappa shape index (κ2) is 11.9. The second-order valence-corrected chi connectivity index (χ2v) is 9.10. The van der Waals surface area contributed by atoms with Gasteiger partial charge in [0.15, 0.2) is 5.13 Å². The van der Waals surface area contributed by atoms with Crippen LogP contribution in [0.5, 0.6) is 11.5 Å². The van der Waals surface area contributed by atoms with Gasteiger partial charge in [-0.3, -0.25) is 9.69 Å². The van der Waals surface area contributed by atoms with Gasteiger partial charge < -0.3 is 24.4 Å². The number of carbonyl (C=O) groups excluding carboxylic acids is 2. The number of anilines is 1. The summed E-state index contributed by atoms with van der Waals surface area (Å²) in [5.41, 5.74) is 1.55. The van der Waals surface area contributed by atoms with E-state index in [1.54, 1.807) is 25.2 Å². The Morgan fingerprint density at radius 1 is 1.15 bits per heavy atom. The lowest BCUT2D eigenvalue weighted by Gasteiger charge is -2.21. The first kappa shape index (κ1) is 24.8. The Kier molecular flexibility index (Phi) is 8.90. The molecule has 2 heterocycles. The van der Waals surface area contributed by atoms with Crippen LogP contribution in [0.2, 0.25) is 0 Å². The summed E-state index contributed by atoms with van der Waals surface area (Å²) < 4.78 is 16.0. The average molecular weight is 477 g/mol. The average Bonchev–Trinajstić information content (AvgIpc) is 3.13. The molecule has 33 heavy (non-hydrogen) atoms. The lowest BCUT2D eigenvalue weighted by atomic mass is 10.1. The van der Waals surface area contributed by atoms with Crippen molar-refractivity contribution in [3.8, 4) is 22.8 Å². The minimum Gasteiger partial charge on any atom is -0.497 e. The summed E-state index contributed by atoms with van der Waals surface area (Å²) in [5, 5.41) is 5.29. The Morgan fingerprint density at radius 2 is 1.97 bits per heavy atom. The molecule has 9 nitrogen and oxygen atoms in total. The Balaban J connectivity index is 1.53. The van der Waals surface area contributed by atoms with Crippen LogP contribution in [0.15, 0.2) is 23.6 Å². The number of methoxy groups -OCH3 is 2. The summed E-state index contributed by atoms with van der Waals surface area (Å²) in [6.45, 7) is 7.22. The van der Waals surface area contributed by atoms with Crippen LogP contribution in [0.1, 0.15) is 20.3 Å². The minimum atomic E-state index is -0.278. The number of nitrogens with one attached hydrogen (secondary N) is 1. The molecule has 1 aromatic heterocycles. The standard InChI is InChI=1S/C23H32N4O5S/c1-16(2)14-32-23(29)27-9-5-8-26(10-11-27)13-21(28)25-22-24-19(15-33-22)18-7-6-17(30-3)12-20(18)31-4/h6-7,12,15-16H,5,8-11,13-14H2,1-4H3,(H,24,25,28). The van der Waals surface area contributed by atoms with Crippen molar-refractivity contribution in [2.75, 3.05) is 58.9 Å². The van der Waals surface area contributed by atoms with Gasteiger partial charge in [-0.25, -0.2) is 9.78 Å². The summed E-state index contributed by atoms with van der Waals surface area (Å²) >= 11 is 1.36. The van der Waals surface area contributed by atoms with Gasteiger partial charge in [0.05, 0.1) is 33.1 Å². The van der Waals surface area contributed by atoms with E-state index in [0.29, 0.717) is 48.8 Å². The fourth-order valence-corrected chi connectivity index (χ4v) is 4.19. The lowest BCUT2D eigenvalue weighted by molar-refractivity contribution is -0.117. The quantitative estimate of drug-likeness (QED) is 0.623. The Morgan fingerprint density at radius 3 is 2.70 bits per heavy atom. The normalized spacial score (nSPS) is 14.6. The predicted octanol–water partition coefficient (Wildman–Crippen LogP) is 3.57. The molecule has 1 aromatic carbocycles. The number of amides is 2. The highest BCUT2D eigenvalue weighted by atomic mass is 32.1. The number of thiazole rings is 1. The van der Waals surface area contributed by atoms with Crippen LogP contribution >= 0.6 is 11.3 Å². The van der Waals surface area contributed by atoms with E-state index >= 15 is 0 Å². The predicted molar refractivity (Wildman–Crippen MR) is 128 cm³/mol. The van der Waals surface area contributed by atoms with Gasteiger partial charge >= 0.3 is 6.09 Å². The van der Waals surface area contributed by atoms with Gasteiger partial charge in [0, 0.05) is 43.2 Å². The SMILES string of the molecule is COc1ccc(-c2csc(NC(=O)CN3CCCN(C(=O)OCC(C)C)CC3)n2)c(OC)c1. The van der Waals surface area contributed by atoms with Crippen molar-refractivity contribution in [3.05, 3.63) is 23.6 Å². The molecule has 0 spiro atoms. The van der Waals surface area contributed by atoms with Crippen molar-refractivity contribution in [3.63, 3.8) is 0 Å². The summed E-state index contributed by atoms with van der Waals surface area (Å²) in [7, 11) is 3.20. The van der Waals surface area contributed by atoms with Crippen LogP contribution < -0.4 is 14.8 Å². The molecule has 0 radical (unpaired) electrons. The number of hydrogen-bond donors (Lipinski definition) is 1. The van der Waals surface area contributed by atoms with Crippen molar-refractivity contribution in [2.24, 2.45) is 5.92 Å². The largest absolute Gasteiger partial charge is 0.497 e. The first-order valence-corrected chi connectivity index (χ1v) is 11.9. The van der Waals surface area contributed by atoms with E-state index in [1.165, 1.54) is 11.3 Å². The third-order valence-corrected chi connectivity index (χ3v) is 5.95. The minimum absolute atomic E-state index is 0.131. The Labute approximate surface area is 198 Å². The molecule has 2 amide bonds. The number of hydrogen-bond acceptors (Lipinski definition) is 8. The number of rotatable bonds is 8. The molecular weight excluding hydrogens is 444 g/mol. The molecule has 1 N–H and O–H groups in total. The van der Waals surface area contributed by atoms with Crippen LogP contribution in [0.3, 0.4) is 0 Å². The molecule has 0 aliphatic carbocycles. The first-order valence-electron chi connectivity index (χ1n) is 11.0. The zero-order valence-corrected chi connectivity index (χ0v) is 20.4. The van der Waals surface area contributed by atoms with Crippen molar-refractivity contribution in [1.82, 2.24) is 14.8 Å². The number of benzene rings is 1. The molecule has 1 fully saturated rings. The maximum atomic E-state index is 12.6. The summed E-state index contributed by atoms with van der Waals surface area (Å²) in [4.78, 5) is 33.1. The van der Waals surface area contributed by atoms with E-state index in [1.807, 2.05) is 36.3 Å². The van der Waals surface area contributed by atoms with E-state index in [-0.39, 0.29) is 18.5 Å². The fraction of sp³-hybridized carbons (Fsp3) is 0.522. The third kappa shape index (κ3) is 7.06. The van der Waals surface area contributed by atoms with E-state index in [9.17, 15) is 9.59 Å². The maximum absolute atomic E-state index is 12.6. The summed E-state index contributed by atoms with van der Waals surface area (Å²) in [6.07, 6.45) is 0.516. The van der Waals surface area contributed by atoms with E-state index in [0.717, 1.165) is 24.2 Å². The molecule has 0 unspecified atom stereocenters. The summed E-state index contributed by atoms with van der Waals surface area (Å²) in [6, 6.07) is 5.53. The fourth-order valence-electron chi connectivity index (χ4n) is 3.47. The molecule has 180 valence electrons. The highest BCUT2D eigenvalue weighted by Crippen LogP contribution is 2.34. The van der Waals surface area contributed by atoms with Crippen LogP contribution in [0.4, 0.5) is 9.93 Å². The monoisotopic (exact) mass is 476 g/mol. The van der Waals surface area contributed by atoms with Gasteiger partial charge in [-0.2, -0.15) is 0 Å². The van der Waals surface area contributed by atoms with Gasteiger partial charge in [0.2, 0.25) is 5.91 Å². The van der Waals surface area contributed by atoms with E-state index in [2.05, 4.69) is 10.3 Å². The van der Waals surface area contributed by atoms with Crippen LogP contribution in [0.25, 0.3) is 11.3 Å². The molecule has 1 aliphatic heterocycles. The first-order chi connectivity index (χ1) is 15.9. The highest BCUT2D eigenvalue weighted by Gasteiger charge is 2.22. The zero-order valence-electron chi connectivity index (χ0n) is 19.6. The second-order valence-electron chi connectivity index (χ2n) is 8.24. The number of carbonyl (C=O) groups is 2. The lowest BCUT2D eigenvalue weighted by Crippen LogP contribution is -2.38. The maximum Gasteiger partial charge on any atom is 0.409 e. The summed E-state index contributed by atoms with van der Waals surface area (Å²) in [5.74, 6) is 1.52. The third-order valence-electron chi connectivity index (χ3n) is 5.19. The molecule has 0 saturated carbocycles. The molecule has 1 aliphatic rings. The number of aromatic nitrogens is 1. The van der Waals surface area contributed by atoms with Crippen molar-refractivity contribution < 1.29 is 23.8 Å². The molecule has 0 atom stereocenters. The molecular formula is C23H32N4O5S. The van der Waals surface area contributed by atoms with Gasteiger partial charge in [-0.15, -0.1) is 11.3 Å². The van der Waals surface area contributed by atoms with Crippen molar-refractivity contribution in [1.29, 1.82) is 0 Å². The van der Waals surface area contributed by atoms with Gasteiger partial charge in [0.25, 0.3) is 0 Å². The van der Waals surface area contributed by atoms with Gasteiger partial charge in [0.1, 0.15) is 11.5 Å². The smallest absolute Gasteiger partial charge is 0.409 e. The molecule has 10 heteroatoms. The molecule has 2 aromatic rings. The van der Waals surface area contributed by atoms with Crippen LogP contribution in [0, 0.1) is 5.92 Å². The molecule has 1 saturated heterocycles. The van der Waals surface area contributed by atoms with E-state index in [4.69, 9.17) is 14.2 Å². The van der Waals surface area contributed by atoms with Crippen LogP contribution in [-0.4, -0.2) is 80.3 Å². The van der Waals surface area contributed by atoms with Gasteiger partial charge in [-0.1, -0.05) is 13.8 Å². The Bertz CT molecular complexity index is 949. The van der Waals surface area contributed by atoms with Crippen LogP contribution in [-0.2, 0) is 9.53 Å². The molecule has 3 rings (SSSR count). The molecule has 0 bridgehead atoms. The zero-order chi connectivity index (χ0) is 23.8. The number of ether oxygens (including phenoxy) is 3. The van der Waals surface area contributed by atoms with Gasteiger partial charge in [-0.05, 0) is 24.5 Å².